The van der Waals surface area contributed by atoms with Gasteiger partial charge in [-0.25, -0.2) is 4.31 Å². The normalized spacial score (nSPS) is 16.1. The summed E-state index contributed by atoms with van der Waals surface area (Å²) in [5.74, 6) is 0.664. The summed E-state index contributed by atoms with van der Waals surface area (Å²) in [6.45, 7) is 11.4. The van der Waals surface area contributed by atoms with Gasteiger partial charge in [0, 0.05) is 18.0 Å². The van der Waals surface area contributed by atoms with Crippen LogP contribution in [-0.4, -0.2) is 84.1 Å². The van der Waals surface area contributed by atoms with Gasteiger partial charge in [-0.3, -0.25) is 14.5 Å². The van der Waals surface area contributed by atoms with Gasteiger partial charge in [0.1, 0.15) is 11.8 Å². The number of carbonyl (C=O) groups excluding carboxylic acids is 2. The van der Waals surface area contributed by atoms with Crippen molar-refractivity contribution in [1.29, 1.82) is 0 Å². The van der Waals surface area contributed by atoms with E-state index in [9.17, 15) is 14.7 Å². The van der Waals surface area contributed by atoms with Crippen LogP contribution in [0.25, 0.3) is 0 Å². The van der Waals surface area contributed by atoms with Gasteiger partial charge in [-0.05, 0) is 86.0 Å². The molecular formula is C32H48N4O4S. The first-order chi connectivity index (χ1) is 19.6. The number of likely N-dealkylation sites (tertiary alicyclic amines) is 1. The van der Waals surface area contributed by atoms with Crippen molar-refractivity contribution in [3.8, 4) is 5.75 Å². The highest BCUT2D eigenvalue weighted by molar-refractivity contribution is 7.97. The van der Waals surface area contributed by atoms with E-state index in [-0.39, 0.29) is 17.7 Å². The molecule has 0 radical (unpaired) electrons. The number of aliphatic hydroxyl groups excluding tert-OH is 1. The summed E-state index contributed by atoms with van der Waals surface area (Å²) in [4.78, 5) is 29.6. The molecule has 0 aliphatic carbocycles. The molecule has 1 aliphatic rings. The molecule has 0 bridgehead atoms. The Morgan fingerprint density at radius 3 is 2.22 bits per heavy atom. The predicted octanol–water partition coefficient (Wildman–Crippen LogP) is 3.99. The molecule has 2 aromatic rings. The molecular weight excluding hydrogens is 536 g/mol. The molecule has 0 saturated carbocycles. The fraction of sp³-hybridized carbons (Fsp3) is 0.562. The second kappa shape index (κ2) is 16.8. The number of methoxy groups -OCH3 is 1. The SMILES string of the molecule is COc1ccc(SN(CC(C)C)C[C@@H](O)[C@H](Cc2ccccc2)NC(=O)[C@@H](NC(=O)CN2CCCC2)C(C)C)cc1. The van der Waals surface area contributed by atoms with Gasteiger partial charge in [0.15, 0.2) is 0 Å². The number of benzene rings is 2. The molecule has 2 amide bonds. The van der Waals surface area contributed by atoms with Crippen molar-refractivity contribution >= 4 is 23.8 Å². The third-order valence-electron chi connectivity index (χ3n) is 7.18. The number of hydrogen-bond donors (Lipinski definition) is 3. The van der Waals surface area contributed by atoms with Crippen LogP contribution in [0.4, 0.5) is 0 Å². The molecule has 0 spiro atoms. The van der Waals surface area contributed by atoms with Gasteiger partial charge in [-0.2, -0.15) is 0 Å². The van der Waals surface area contributed by atoms with Crippen LogP contribution in [0.1, 0.15) is 46.1 Å². The minimum absolute atomic E-state index is 0.102. The summed E-state index contributed by atoms with van der Waals surface area (Å²) in [6.07, 6.45) is 1.84. The largest absolute Gasteiger partial charge is 0.497 e. The monoisotopic (exact) mass is 584 g/mol. The van der Waals surface area contributed by atoms with Crippen LogP contribution >= 0.6 is 11.9 Å². The summed E-state index contributed by atoms with van der Waals surface area (Å²) in [5.41, 5.74) is 1.02. The van der Waals surface area contributed by atoms with Crippen molar-refractivity contribution < 1.29 is 19.4 Å². The van der Waals surface area contributed by atoms with Crippen LogP contribution in [-0.2, 0) is 16.0 Å². The molecule has 41 heavy (non-hydrogen) atoms. The highest BCUT2D eigenvalue weighted by Gasteiger charge is 2.31. The van der Waals surface area contributed by atoms with E-state index in [1.807, 2.05) is 68.4 Å². The molecule has 3 atom stereocenters. The lowest BCUT2D eigenvalue weighted by Crippen LogP contribution is -2.57. The average Bonchev–Trinajstić information content (AvgIpc) is 3.44. The molecule has 8 nitrogen and oxygen atoms in total. The first-order valence-electron chi connectivity index (χ1n) is 14.8. The second-order valence-corrected chi connectivity index (χ2v) is 12.8. The fourth-order valence-electron chi connectivity index (χ4n) is 5.00. The highest BCUT2D eigenvalue weighted by Crippen LogP contribution is 2.26. The lowest BCUT2D eigenvalue weighted by atomic mass is 9.98. The third kappa shape index (κ3) is 11.3. The Hall–Kier alpha value is -2.59. The summed E-state index contributed by atoms with van der Waals surface area (Å²) >= 11 is 1.59. The van der Waals surface area contributed by atoms with E-state index in [4.69, 9.17) is 4.74 Å². The van der Waals surface area contributed by atoms with Crippen molar-refractivity contribution in [2.75, 3.05) is 39.8 Å². The van der Waals surface area contributed by atoms with E-state index < -0.39 is 18.2 Å². The molecule has 1 saturated heterocycles. The maximum Gasteiger partial charge on any atom is 0.243 e. The van der Waals surface area contributed by atoms with Crippen LogP contribution in [0.3, 0.4) is 0 Å². The van der Waals surface area contributed by atoms with E-state index >= 15 is 0 Å². The summed E-state index contributed by atoms with van der Waals surface area (Å²) in [7, 11) is 1.65. The zero-order chi connectivity index (χ0) is 29.8. The zero-order valence-electron chi connectivity index (χ0n) is 25.2. The van der Waals surface area contributed by atoms with E-state index in [0.29, 0.717) is 25.4 Å². The van der Waals surface area contributed by atoms with Gasteiger partial charge in [0.25, 0.3) is 0 Å². The maximum atomic E-state index is 13.6. The summed E-state index contributed by atoms with van der Waals surface area (Å²) in [6, 6.07) is 16.5. The smallest absolute Gasteiger partial charge is 0.243 e. The number of nitrogens with one attached hydrogen (secondary N) is 2. The Labute approximate surface area is 250 Å². The van der Waals surface area contributed by atoms with Crippen molar-refractivity contribution in [3.05, 3.63) is 60.2 Å². The number of ether oxygens (including phenoxy) is 1. The lowest BCUT2D eigenvalue weighted by Gasteiger charge is -2.32. The minimum Gasteiger partial charge on any atom is -0.497 e. The zero-order valence-corrected chi connectivity index (χ0v) is 26.0. The molecule has 9 heteroatoms. The first kappa shape index (κ1) is 32.9. The average molecular weight is 585 g/mol. The van der Waals surface area contributed by atoms with Crippen molar-refractivity contribution in [2.45, 2.75) is 70.0 Å². The number of hydrogen-bond acceptors (Lipinski definition) is 7. The molecule has 3 N–H and O–H groups in total. The Bertz CT molecular complexity index is 1060. The third-order valence-corrected chi connectivity index (χ3v) is 8.21. The Morgan fingerprint density at radius 1 is 0.976 bits per heavy atom. The number of carbonyl (C=O) groups is 2. The van der Waals surface area contributed by atoms with Crippen LogP contribution in [0.2, 0.25) is 0 Å². The molecule has 226 valence electrons. The Kier molecular flexibility index (Phi) is 13.5. The lowest BCUT2D eigenvalue weighted by molar-refractivity contribution is -0.131. The van der Waals surface area contributed by atoms with Gasteiger partial charge in [0.05, 0.1) is 25.8 Å². The number of aliphatic hydroxyl groups is 1. The van der Waals surface area contributed by atoms with Crippen LogP contribution in [0, 0.1) is 11.8 Å². The van der Waals surface area contributed by atoms with Crippen molar-refractivity contribution in [1.82, 2.24) is 19.8 Å². The van der Waals surface area contributed by atoms with Gasteiger partial charge < -0.3 is 20.5 Å². The number of rotatable bonds is 16. The molecule has 0 unspecified atom stereocenters. The van der Waals surface area contributed by atoms with Gasteiger partial charge in [-0.15, -0.1) is 0 Å². The maximum absolute atomic E-state index is 13.6. The van der Waals surface area contributed by atoms with Crippen molar-refractivity contribution in [2.24, 2.45) is 11.8 Å². The van der Waals surface area contributed by atoms with E-state index in [0.717, 1.165) is 48.7 Å². The van der Waals surface area contributed by atoms with Crippen LogP contribution in [0.15, 0.2) is 59.5 Å². The van der Waals surface area contributed by atoms with Crippen LogP contribution < -0.4 is 15.4 Å². The number of amides is 2. The topological polar surface area (TPSA) is 94.1 Å². The fourth-order valence-corrected chi connectivity index (χ4v) is 6.16. The number of nitrogens with zero attached hydrogens (tertiary/aromatic N) is 2. The molecule has 3 rings (SSSR count). The molecule has 2 aromatic carbocycles. The van der Waals surface area contributed by atoms with E-state index in [1.165, 1.54) is 0 Å². The predicted molar refractivity (Wildman–Crippen MR) is 166 cm³/mol. The quantitative estimate of drug-likeness (QED) is 0.257. The van der Waals surface area contributed by atoms with E-state index in [1.54, 1.807) is 19.1 Å². The molecule has 0 aromatic heterocycles. The molecule has 1 heterocycles. The minimum atomic E-state index is -0.836. The summed E-state index contributed by atoms with van der Waals surface area (Å²) in [5, 5.41) is 17.6. The van der Waals surface area contributed by atoms with Gasteiger partial charge >= 0.3 is 0 Å². The second-order valence-electron chi connectivity index (χ2n) is 11.7. The van der Waals surface area contributed by atoms with Crippen LogP contribution in [0.5, 0.6) is 5.75 Å². The highest BCUT2D eigenvalue weighted by atomic mass is 32.2. The standard InChI is InChI=1S/C32H48N4O4S/c1-23(2)20-36(41-27-15-13-26(40-5)14-16-27)21-29(37)28(19-25-11-7-6-8-12-25)33-32(39)31(24(3)4)34-30(38)22-35-17-9-10-18-35/h6-8,11-16,23-24,28-29,31,37H,9-10,17-22H2,1-5H3,(H,33,39)(H,34,38)/t28-,29+,31-/m0/s1. The Morgan fingerprint density at radius 2 is 1.63 bits per heavy atom. The first-order valence-corrected chi connectivity index (χ1v) is 15.5. The summed E-state index contributed by atoms with van der Waals surface area (Å²) < 4.78 is 7.44. The van der Waals surface area contributed by atoms with Gasteiger partial charge in [0.2, 0.25) is 11.8 Å². The van der Waals surface area contributed by atoms with Gasteiger partial charge in [-0.1, -0.05) is 58.0 Å². The molecule has 1 fully saturated rings. The Balaban J connectivity index is 1.73. The van der Waals surface area contributed by atoms with E-state index in [2.05, 4.69) is 33.7 Å². The van der Waals surface area contributed by atoms with Crippen molar-refractivity contribution in [3.63, 3.8) is 0 Å². The molecule has 1 aliphatic heterocycles.